The third kappa shape index (κ3) is 2.31. The van der Waals surface area contributed by atoms with Crippen LogP contribution in [0.5, 0.6) is 0 Å². The molecule has 0 amide bonds. The zero-order valence-electron chi connectivity index (χ0n) is 10.7. The van der Waals surface area contributed by atoms with Gasteiger partial charge in [0.25, 0.3) is 0 Å². The average Bonchev–Trinajstić information content (AvgIpc) is 2.87. The number of aliphatic hydroxyl groups excluding tert-OH is 1. The third-order valence-electron chi connectivity index (χ3n) is 3.45. The SMILES string of the molecule is OCc1cccc2c1ccn2Cc1cccc(Cl)c1Cl. The number of aliphatic hydroxyl groups is 1. The summed E-state index contributed by atoms with van der Waals surface area (Å²) in [4.78, 5) is 0. The zero-order valence-corrected chi connectivity index (χ0v) is 12.2. The smallest absolute Gasteiger partial charge is 0.0688 e. The number of rotatable bonds is 3. The molecule has 102 valence electrons. The monoisotopic (exact) mass is 305 g/mol. The molecule has 0 spiro atoms. The van der Waals surface area contributed by atoms with Crippen molar-refractivity contribution < 1.29 is 5.11 Å². The zero-order chi connectivity index (χ0) is 14.1. The molecule has 3 aromatic rings. The molecule has 0 aliphatic carbocycles. The van der Waals surface area contributed by atoms with E-state index in [9.17, 15) is 5.11 Å². The van der Waals surface area contributed by atoms with Gasteiger partial charge in [-0.1, -0.05) is 47.5 Å². The number of halogens is 2. The molecule has 20 heavy (non-hydrogen) atoms. The lowest BCUT2D eigenvalue weighted by Crippen LogP contribution is -1.99. The summed E-state index contributed by atoms with van der Waals surface area (Å²) >= 11 is 12.3. The van der Waals surface area contributed by atoms with E-state index in [4.69, 9.17) is 23.2 Å². The minimum absolute atomic E-state index is 0.0409. The Labute approximate surface area is 127 Å². The minimum atomic E-state index is 0.0409. The van der Waals surface area contributed by atoms with Crippen LogP contribution in [0.2, 0.25) is 10.0 Å². The first-order valence-corrected chi connectivity index (χ1v) is 7.07. The van der Waals surface area contributed by atoms with E-state index in [0.29, 0.717) is 16.6 Å². The molecule has 1 aromatic heterocycles. The van der Waals surface area contributed by atoms with Crippen LogP contribution < -0.4 is 0 Å². The molecule has 0 unspecified atom stereocenters. The summed E-state index contributed by atoms with van der Waals surface area (Å²) in [6.45, 7) is 0.692. The highest BCUT2D eigenvalue weighted by Gasteiger charge is 2.08. The lowest BCUT2D eigenvalue weighted by molar-refractivity contribution is 0.283. The first kappa shape index (κ1) is 13.5. The summed E-state index contributed by atoms with van der Waals surface area (Å²) in [6, 6.07) is 13.6. The van der Waals surface area contributed by atoms with Crippen LogP contribution in [0.25, 0.3) is 10.9 Å². The van der Waals surface area contributed by atoms with Crippen molar-refractivity contribution in [1.82, 2.24) is 4.57 Å². The molecule has 4 heteroatoms. The van der Waals surface area contributed by atoms with Crippen molar-refractivity contribution in [2.24, 2.45) is 0 Å². The highest BCUT2D eigenvalue weighted by atomic mass is 35.5. The number of hydrogen-bond donors (Lipinski definition) is 1. The predicted octanol–water partition coefficient (Wildman–Crippen LogP) is 4.49. The van der Waals surface area contributed by atoms with E-state index in [0.717, 1.165) is 22.0 Å². The van der Waals surface area contributed by atoms with Crippen LogP contribution in [0.3, 0.4) is 0 Å². The molecule has 2 aromatic carbocycles. The second kappa shape index (κ2) is 5.49. The first-order valence-electron chi connectivity index (χ1n) is 6.31. The number of aromatic nitrogens is 1. The lowest BCUT2D eigenvalue weighted by atomic mass is 10.1. The van der Waals surface area contributed by atoms with Crippen molar-refractivity contribution in [2.45, 2.75) is 13.2 Å². The number of benzene rings is 2. The quantitative estimate of drug-likeness (QED) is 0.758. The summed E-state index contributed by atoms with van der Waals surface area (Å²) in [5, 5.41) is 11.6. The van der Waals surface area contributed by atoms with E-state index in [1.807, 2.05) is 42.6 Å². The van der Waals surface area contributed by atoms with Crippen LogP contribution >= 0.6 is 23.2 Å². The van der Waals surface area contributed by atoms with Crippen LogP contribution in [0, 0.1) is 0 Å². The Bertz CT molecular complexity index is 764. The van der Waals surface area contributed by atoms with Gasteiger partial charge in [-0.25, -0.2) is 0 Å². The van der Waals surface area contributed by atoms with E-state index in [-0.39, 0.29) is 6.61 Å². The molecule has 0 aliphatic rings. The van der Waals surface area contributed by atoms with Crippen molar-refractivity contribution >= 4 is 34.1 Å². The standard InChI is InChI=1S/C16H13Cl2NO/c17-14-5-1-3-11(16(14)18)9-19-8-7-13-12(10-20)4-2-6-15(13)19/h1-8,20H,9-10H2. The maximum Gasteiger partial charge on any atom is 0.0688 e. The number of hydrogen-bond acceptors (Lipinski definition) is 1. The highest BCUT2D eigenvalue weighted by Crippen LogP contribution is 2.28. The summed E-state index contributed by atoms with van der Waals surface area (Å²) in [6.07, 6.45) is 2.00. The van der Waals surface area contributed by atoms with Crippen LogP contribution in [0.4, 0.5) is 0 Å². The van der Waals surface area contributed by atoms with Gasteiger partial charge in [-0.3, -0.25) is 0 Å². The Hall–Kier alpha value is -1.48. The van der Waals surface area contributed by atoms with Crippen LogP contribution in [-0.2, 0) is 13.2 Å². The van der Waals surface area contributed by atoms with Crippen LogP contribution in [0.15, 0.2) is 48.7 Å². The Balaban J connectivity index is 2.05. The molecule has 2 nitrogen and oxygen atoms in total. The summed E-state index contributed by atoms with van der Waals surface area (Å²) in [5.41, 5.74) is 2.98. The predicted molar refractivity (Wildman–Crippen MR) is 83.4 cm³/mol. The second-order valence-electron chi connectivity index (χ2n) is 4.66. The Kier molecular flexibility index (Phi) is 3.70. The van der Waals surface area contributed by atoms with Gasteiger partial charge in [-0.2, -0.15) is 0 Å². The van der Waals surface area contributed by atoms with Gasteiger partial charge in [0.2, 0.25) is 0 Å². The first-order chi connectivity index (χ1) is 9.70. The van der Waals surface area contributed by atoms with Crippen molar-refractivity contribution in [3.63, 3.8) is 0 Å². The van der Waals surface area contributed by atoms with Crippen LogP contribution in [0.1, 0.15) is 11.1 Å². The molecule has 0 fully saturated rings. The van der Waals surface area contributed by atoms with Gasteiger partial charge in [0.1, 0.15) is 0 Å². The van der Waals surface area contributed by atoms with Crippen molar-refractivity contribution in [1.29, 1.82) is 0 Å². The van der Waals surface area contributed by atoms with Crippen molar-refractivity contribution in [3.8, 4) is 0 Å². The molecule has 0 saturated heterocycles. The van der Waals surface area contributed by atoms with Gasteiger partial charge in [-0.15, -0.1) is 0 Å². The fraction of sp³-hybridized carbons (Fsp3) is 0.125. The fourth-order valence-electron chi connectivity index (χ4n) is 2.42. The molecule has 1 heterocycles. The Morgan fingerprint density at radius 1 is 0.950 bits per heavy atom. The Morgan fingerprint density at radius 2 is 1.70 bits per heavy atom. The van der Waals surface area contributed by atoms with Gasteiger partial charge >= 0.3 is 0 Å². The van der Waals surface area contributed by atoms with Crippen molar-refractivity contribution in [2.75, 3.05) is 0 Å². The largest absolute Gasteiger partial charge is 0.392 e. The lowest BCUT2D eigenvalue weighted by Gasteiger charge is -2.09. The average molecular weight is 306 g/mol. The molecule has 0 bridgehead atoms. The third-order valence-corrected chi connectivity index (χ3v) is 4.30. The molecular weight excluding hydrogens is 293 g/mol. The van der Waals surface area contributed by atoms with E-state index >= 15 is 0 Å². The van der Waals surface area contributed by atoms with Gasteiger partial charge in [-0.05, 0) is 29.3 Å². The number of fused-ring (bicyclic) bond motifs is 1. The topological polar surface area (TPSA) is 25.2 Å². The molecule has 0 saturated carbocycles. The minimum Gasteiger partial charge on any atom is -0.392 e. The van der Waals surface area contributed by atoms with Crippen LogP contribution in [-0.4, -0.2) is 9.67 Å². The second-order valence-corrected chi connectivity index (χ2v) is 5.45. The molecule has 0 aliphatic heterocycles. The van der Waals surface area contributed by atoms with Gasteiger partial charge in [0.15, 0.2) is 0 Å². The maximum absolute atomic E-state index is 9.37. The van der Waals surface area contributed by atoms with Crippen molar-refractivity contribution in [3.05, 3.63) is 69.8 Å². The fourth-order valence-corrected chi connectivity index (χ4v) is 2.80. The summed E-state index contributed by atoms with van der Waals surface area (Å²) in [7, 11) is 0. The normalized spacial score (nSPS) is 11.2. The van der Waals surface area contributed by atoms with Gasteiger partial charge in [0.05, 0.1) is 16.7 Å². The molecule has 3 rings (SSSR count). The molecule has 0 radical (unpaired) electrons. The van der Waals surface area contributed by atoms with E-state index in [2.05, 4.69) is 4.57 Å². The molecule has 1 N–H and O–H groups in total. The Morgan fingerprint density at radius 3 is 2.50 bits per heavy atom. The molecule has 0 atom stereocenters. The van der Waals surface area contributed by atoms with E-state index in [1.54, 1.807) is 6.07 Å². The number of nitrogens with zero attached hydrogens (tertiary/aromatic N) is 1. The summed E-state index contributed by atoms with van der Waals surface area (Å²) in [5.74, 6) is 0. The van der Waals surface area contributed by atoms with E-state index in [1.165, 1.54) is 0 Å². The summed E-state index contributed by atoms with van der Waals surface area (Å²) < 4.78 is 2.10. The molecular formula is C16H13Cl2NO. The maximum atomic E-state index is 9.37. The van der Waals surface area contributed by atoms with Gasteiger partial charge in [0, 0.05) is 23.6 Å². The van der Waals surface area contributed by atoms with Gasteiger partial charge < -0.3 is 9.67 Å². The highest BCUT2D eigenvalue weighted by molar-refractivity contribution is 6.42. The van der Waals surface area contributed by atoms with E-state index < -0.39 is 0 Å².